The van der Waals surface area contributed by atoms with Gasteiger partial charge < -0.3 is 15.1 Å². The molecule has 5 nitrogen and oxygen atoms in total. The number of nitrogens with zero attached hydrogens (tertiary/aromatic N) is 1. The number of aliphatic hydroxyl groups is 1. The zero-order chi connectivity index (χ0) is 11.6. The molecule has 1 amide bonds. The first-order chi connectivity index (χ1) is 6.91. The first-order valence-electron chi connectivity index (χ1n) is 5.12. The molecule has 0 spiro atoms. The van der Waals surface area contributed by atoms with E-state index in [2.05, 4.69) is 0 Å². The Kier molecular flexibility index (Phi) is 3.68. The van der Waals surface area contributed by atoms with Crippen LogP contribution in [0.4, 0.5) is 0 Å². The average molecular weight is 215 g/mol. The number of aliphatic hydroxyl groups excluding tert-OH is 1. The molecule has 0 aromatic rings. The molecule has 1 heterocycles. The maximum Gasteiger partial charge on any atom is 0.326 e. The smallest absolute Gasteiger partial charge is 0.326 e. The van der Waals surface area contributed by atoms with E-state index in [0.29, 0.717) is 6.42 Å². The maximum atomic E-state index is 11.4. The molecule has 1 rings (SSSR count). The Morgan fingerprint density at radius 2 is 2.20 bits per heavy atom. The highest BCUT2D eigenvalue weighted by Crippen LogP contribution is 2.19. The Hall–Kier alpha value is -1.10. The number of carbonyl (C=O) groups excluding carboxylic acids is 1. The van der Waals surface area contributed by atoms with Crippen molar-refractivity contribution in [2.75, 3.05) is 6.54 Å². The monoisotopic (exact) mass is 215 g/mol. The van der Waals surface area contributed by atoms with E-state index >= 15 is 0 Å². The van der Waals surface area contributed by atoms with Crippen LogP contribution in [-0.4, -0.2) is 45.7 Å². The van der Waals surface area contributed by atoms with Crippen LogP contribution in [-0.2, 0) is 9.59 Å². The number of β-amino-alcohol motifs (C(OH)–C–C–N with tert-alkyl or cyclic N) is 1. The maximum absolute atomic E-state index is 11.4. The van der Waals surface area contributed by atoms with Crippen LogP contribution >= 0.6 is 0 Å². The first-order valence-corrected chi connectivity index (χ1v) is 5.12. The van der Waals surface area contributed by atoms with Crippen LogP contribution < -0.4 is 0 Å². The van der Waals surface area contributed by atoms with Crippen LogP contribution in [0.3, 0.4) is 0 Å². The van der Waals surface area contributed by atoms with Crippen molar-refractivity contribution in [3.05, 3.63) is 0 Å². The van der Waals surface area contributed by atoms with Crippen molar-refractivity contribution in [3.63, 3.8) is 0 Å². The van der Waals surface area contributed by atoms with E-state index in [4.69, 9.17) is 5.11 Å². The number of carbonyl (C=O) groups is 2. The Morgan fingerprint density at radius 3 is 2.53 bits per heavy atom. The first kappa shape index (κ1) is 12.0. The summed E-state index contributed by atoms with van der Waals surface area (Å²) >= 11 is 0. The van der Waals surface area contributed by atoms with E-state index in [-0.39, 0.29) is 24.8 Å². The van der Waals surface area contributed by atoms with Gasteiger partial charge in [-0.25, -0.2) is 4.79 Å². The van der Waals surface area contributed by atoms with Gasteiger partial charge in [-0.2, -0.15) is 0 Å². The van der Waals surface area contributed by atoms with Crippen molar-refractivity contribution in [1.82, 2.24) is 4.90 Å². The van der Waals surface area contributed by atoms with Crippen molar-refractivity contribution in [3.8, 4) is 0 Å². The molecule has 0 aromatic heterocycles. The second kappa shape index (κ2) is 4.61. The lowest BCUT2D eigenvalue weighted by molar-refractivity contribution is -0.149. The number of aliphatic carboxylic acids is 1. The number of hydrogen-bond acceptors (Lipinski definition) is 3. The van der Waals surface area contributed by atoms with Gasteiger partial charge in [-0.1, -0.05) is 13.8 Å². The van der Waals surface area contributed by atoms with E-state index in [0.717, 1.165) is 0 Å². The molecule has 0 radical (unpaired) electrons. The summed E-state index contributed by atoms with van der Waals surface area (Å²) in [6, 6.07) is -0.797. The second-order valence-corrected chi connectivity index (χ2v) is 4.39. The predicted octanol–water partition coefficient (Wildman–Crippen LogP) is 0.0789. The van der Waals surface area contributed by atoms with Gasteiger partial charge in [0.1, 0.15) is 6.04 Å². The molecule has 1 aliphatic rings. The number of carboxylic acids is 1. The lowest BCUT2D eigenvalue weighted by Gasteiger charge is -2.25. The summed E-state index contributed by atoms with van der Waals surface area (Å²) in [6.45, 7) is 3.96. The van der Waals surface area contributed by atoms with Crippen LogP contribution in [0.25, 0.3) is 0 Å². The fraction of sp³-hybridized carbons (Fsp3) is 0.800. The summed E-state index contributed by atoms with van der Waals surface area (Å²) in [6.07, 6.45) is -0.248. The average Bonchev–Trinajstić information content (AvgIpc) is 2.40. The molecule has 1 saturated heterocycles. The summed E-state index contributed by atoms with van der Waals surface area (Å²) in [5, 5.41) is 18.3. The highest BCUT2D eigenvalue weighted by Gasteiger charge is 2.36. The summed E-state index contributed by atoms with van der Waals surface area (Å²) in [4.78, 5) is 23.7. The van der Waals surface area contributed by atoms with Crippen LogP contribution in [0.15, 0.2) is 0 Å². The standard InChI is InChI=1S/C10H17NO4/c1-6(2)3-8(10(14)15)11-5-7(12)4-9(11)13/h6-8,12H,3-5H2,1-2H3,(H,14,15)/t7?,8-/m0/s1. The molecule has 15 heavy (non-hydrogen) atoms. The van der Waals surface area contributed by atoms with Gasteiger partial charge in [0.05, 0.1) is 12.5 Å². The van der Waals surface area contributed by atoms with Crippen LogP contribution in [0, 0.1) is 5.92 Å². The van der Waals surface area contributed by atoms with Crippen LogP contribution in [0.2, 0.25) is 0 Å². The molecule has 1 unspecified atom stereocenters. The fourth-order valence-electron chi connectivity index (χ4n) is 1.82. The minimum atomic E-state index is -0.994. The largest absolute Gasteiger partial charge is 0.480 e. The molecule has 1 fully saturated rings. The predicted molar refractivity (Wildman–Crippen MR) is 53.2 cm³/mol. The summed E-state index contributed by atoms with van der Waals surface area (Å²) in [7, 11) is 0. The lowest BCUT2D eigenvalue weighted by Crippen LogP contribution is -2.43. The number of rotatable bonds is 4. The van der Waals surface area contributed by atoms with Crippen molar-refractivity contribution in [2.24, 2.45) is 5.92 Å². The number of likely N-dealkylation sites (tertiary alicyclic amines) is 1. The Bertz CT molecular complexity index is 264. The van der Waals surface area contributed by atoms with E-state index < -0.39 is 18.1 Å². The summed E-state index contributed by atoms with van der Waals surface area (Å²) < 4.78 is 0. The van der Waals surface area contributed by atoms with E-state index in [1.54, 1.807) is 0 Å². The van der Waals surface area contributed by atoms with E-state index in [1.165, 1.54) is 4.90 Å². The van der Waals surface area contributed by atoms with Crippen molar-refractivity contribution in [1.29, 1.82) is 0 Å². The molecule has 0 bridgehead atoms. The Labute approximate surface area is 88.7 Å². The van der Waals surface area contributed by atoms with Gasteiger partial charge >= 0.3 is 5.97 Å². The summed E-state index contributed by atoms with van der Waals surface area (Å²) in [5.74, 6) is -1.06. The molecule has 0 aromatic carbocycles. The SMILES string of the molecule is CC(C)C[C@@H](C(=O)O)N1CC(O)CC1=O. The minimum absolute atomic E-state index is 0.0435. The molecular weight excluding hydrogens is 198 g/mol. The van der Waals surface area contributed by atoms with Gasteiger partial charge in [0.25, 0.3) is 0 Å². The molecule has 2 N–H and O–H groups in total. The van der Waals surface area contributed by atoms with Crippen molar-refractivity contribution >= 4 is 11.9 Å². The fourth-order valence-corrected chi connectivity index (χ4v) is 1.82. The molecule has 0 aliphatic carbocycles. The van der Waals surface area contributed by atoms with Gasteiger partial charge in [-0.3, -0.25) is 4.79 Å². The molecule has 0 saturated carbocycles. The second-order valence-electron chi connectivity index (χ2n) is 4.39. The van der Waals surface area contributed by atoms with Gasteiger partial charge in [0.2, 0.25) is 5.91 Å². The quantitative estimate of drug-likeness (QED) is 0.696. The van der Waals surface area contributed by atoms with Crippen molar-refractivity contribution < 1.29 is 19.8 Å². The van der Waals surface area contributed by atoms with Crippen LogP contribution in [0.5, 0.6) is 0 Å². The zero-order valence-electron chi connectivity index (χ0n) is 9.01. The van der Waals surface area contributed by atoms with Crippen molar-refractivity contribution in [2.45, 2.75) is 38.8 Å². The van der Waals surface area contributed by atoms with Gasteiger partial charge in [-0.15, -0.1) is 0 Å². The third kappa shape index (κ3) is 2.92. The number of amides is 1. The number of hydrogen-bond donors (Lipinski definition) is 2. The molecule has 1 aliphatic heterocycles. The highest BCUT2D eigenvalue weighted by molar-refractivity contribution is 5.85. The van der Waals surface area contributed by atoms with Gasteiger partial charge in [-0.05, 0) is 12.3 Å². The van der Waals surface area contributed by atoms with Crippen LogP contribution in [0.1, 0.15) is 26.7 Å². The lowest BCUT2D eigenvalue weighted by atomic mass is 10.0. The molecule has 2 atom stereocenters. The molecular formula is C10H17NO4. The van der Waals surface area contributed by atoms with E-state index in [1.807, 2.05) is 13.8 Å². The molecule has 86 valence electrons. The third-order valence-corrected chi connectivity index (χ3v) is 2.49. The highest BCUT2D eigenvalue weighted by atomic mass is 16.4. The van der Waals surface area contributed by atoms with Gasteiger partial charge in [0.15, 0.2) is 0 Å². The zero-order valence-corrected chi connectivity index (χ0v) is 9.01. The minimum Gasteiger partial charge on any atom is -0.480 e. The normalized spacial score (nSPS) is 23.6. The van der Waals surface area contributed by atoms with E-state index in [9.17, 15) is 14.7 Å². The Balaban J connectivity index is 2.72. The summed E-state index contributed by atoms with van der Waals surface area (Å²) in [5.41, 5.74) is 0. The Morgan fingerprint density at radius 1 is 1.60 bits per heavy atom. The number of carboxylic acid groups (broad SMARTS) is 1. The topological polar surface area (TPSA) is 77.8 Å². The van der Waals surface area contributed by atoms with Gasteiger partial charge in [0, 0.05) is 6.54 Å². The molecule has 5 heteroatoms. The third-order valence-electron chi connectivity index (χ3n) is 2.49.